The van der Waals surface area contributed by atoms with Gasteiger partial charge < -0.3 is 34.4 Å². The first kappa shape index (κ1) is 33.7. The molecule has 13 heteroatoms. The molecular weight excluding hydrogens is 612 g/mol. The molecule has 250 valence electrons. The Kier molecular flexibility index (Phi) is 10.6. The monoisotopic (exact) mass is 656 g/mol. The summed E-state index contributed by atoms with van der Waals surface area (Å²) in [5.41, 5.74) is 0.256. The maximum Gasteiger partial charge on any atom is 0.288 e. The molecule has 0 bridgehead atoms. The van der Waals surface area contributed by atoms with Gasteiger partial charge in [-0.1, -0.05) is 32.0 Å². The second kappa shape index (κ2) is 14.4. The van der Waals surface area contributed by atoms with Gasteiger partial charge in [-0.25, -0.2) is 8.42 Å². The van der Waals surface area contributed by atoms with Crippen LogP contribution in [0.2, 0.25) is 0 Å². The number of carbonyl (C=O) groups is 2. The number of nitrogens with one attached hydrogen (secondary N) is 1. The van der Waals surface area contributed by atoms with Crippen LogP contribution in [-0.2, 0) is 29.1 Å². The first-order valence-corrected chi connectivity index (χ1v) is 17.2. The van der Waals surface area contributed by atoms with Crippen molar-refractivity contribution in [2.75, 3.05) is 58.1 Å². The van der Waals surface area contributed by atoms with E-state index in [-0.39, 0.29) is 60.6 Å². The lowest BCUT2D eigenvalue weighted by Gasteiger charge is -2.43. The van der Waals surface area contributed by atoms with Gasteiger partial charge in [0.15, 0.2) is 5.76 Å². The standard InChI is InChI=1S/C33H44N4O8S/c1-24(2)25-21-29(31(39)35-15-13-33(14-16-35)32(40)34-23-37(33)26-7-5-4-6-8-26)45-30(22-25)44-20-18-36(17-19-38)46(41,42)28-11-9-27(43-3)10-12-28/h4-12,21,24-25,30,38H,13-20,22-23H2,1-3H3,(H,34,40)/t25-,30+/m1/s1. The number of carbonyl (C=O) groups excluding carboxylic acids is 2. The Hall–Kier alpha value is -3.65. The summed E-state index contributed by atoms with van der Waals surface area (Å²) < 4.78 is 44.9. The van der Waals surface area contributed by atoms with Crippen molar-refractivity contribution in [3.8, 4) is 5.75 Å². The van der Waals surface area contributed by atoms with E-state index < -0.39 is 21.9 Å². The van der Waals surface area contributed by atoms with E-state index in [1.807, 2.05) is 36.4 Å². The number of para-hydroxylation sites is 1. The average Bonchev–Trinajstić information content (AvgIpc) is 3.38. The molecule has 2 aromatic carbocycles. The molecule has 3 aliphatic rings. The van der Waals surface area contributed by atoms with Gasteiger partial charge in [0.1, 0.15) is 11.3 Å². The minimum Gasteiger partial charge on any atom is -0.497 e. The highest BCUT2D eigenvalue weighted by Gasteiger charge is 2.51. The summed E-state index contributed by atoms with van der Waals surface area (Å²) >= 11 is 0. The summed E-state index contributed by atoms with van der Waals surface area (Å²) in [5, 5.41) is 12.6. The number of rotatable bonds is 12. The van der Waals surface area contributed by atoms with Crippen LogP contribution in [0, 0.1) is 11.8 Å². The molecule has 2 atom stereocenters. The van der Waals surface area contributed by atoms with Crippen molar-refractivity contribution in [2.45, 2.75) is 49.8 Å². The highest BCUT2D eigenvalue weighted by Crippen LogP contribution is 2.37. The third-order valence-electron chi connectivity index (χ3n) is 9.13. The fraction of sp³-hybridized carbons (Fsp3) is 0.515. The van der Waals surface area contributed by atoms with E-state index in [4.69, 9.17) is 14.2 Å². The minimum atomic E-state index is -3.90. The van der Waals surface area contributed by atoms with Gasteiger partial charge in [-0.3, -0.25) is 9.59 Å². The summed E-state index contributed by atoms with van der Waals surface area (Å²) in [6, 6.07) is 15.9. The molecule has 0 aliphatic carbocycles. The van der Waals surface area contributed by atoms with Gasteiger partial charge in [0.05, 0.1) is 31.9 Å². The van der Waals surface area contributed by atoms with E-state index in [2.05, 4.69) is 24.1 Å². The van der Waals surface area contributed by atoms with Crippen molar-refractivity contribution in [1.29, 1.82) is 0 Å². The zero-order valence-corrected chi connectivity index (χ0v) is 27.4. The number of amides is 2. The summed E-state index contributed by atoms with van der Waals surface area (Å²) in [5.74, 6) is 0.701. The zero-order valence-electron chi connectivity index (χ0n) is 26.6. The second-order valence-electron chi connectivity index (χ2n) is 12.1. The van der Waals surface area contributed by atoms with E-state index >= 15 is 0 Å². The number of sulfonamides is 1. The Morgan fingerprint density at radius 1 is 1.11 bits per heavy atom. The lowest BCUT2D eigenvalue weighted by atomic mass is 9.85. The number of allylic oxidation sites excluding steroid dienone is 1. The van der Waals surface area contributed by atoms with E-state index in [0.29, 0.717) is 44.8 Å². The number of likely N-dealkylation sites (tertiary alicyclic amines) is 1. The molecule has 2 N–H and O–H groups in total. The lowest BCUT2D eigenvalue weighted by Crippen LogP contribution is -2.57. The summed E-state index contributed by atoms with van der Waals surface area (Å²) in [4.78, 5) is 30.7. The second-order valence-corrected chi connectivity index (χ2v) is 14.1. The largest absolute Gasteiger partial charge is 0.497 e. The van der Waals surface area contributed by atoms with Crippen LogP contribution in [0.25, 0.3) is 0 Å². The summed E-state index contributed by atoms with van der Waals surface area (Å²) in [6.07, 6.45) is 2.60. The van der Waals surface area contributed by atoms with E-state index in [1.165, 1.54) is 23.5 Å². The Balaban J connectivity index is 1.21. The molecule has 0 aromatic heterocycles. The maximum atomic E-state index is 13.7. The fourth-order valence-electron chi connectivity index (χ4n) is 6.32. The van der Waals surface area contributed by atoms with Crippen LogP contribution in [0.3, 0.4) is 0 Å². The molecule has 3 aliphatic heterocycles. The van der Waals surface area contributed by atoms with Gasteiger partial charge in [0.2, 0.25) is 22.2 Å². The van der Waals surface area contributed by atoms with Gasteiger partial charge >= 0.3 is 0 Å². The Labute approximate surface area is 270 Å². The molecule has 0 radical (unpaired) electrons. The molecule has 2 saturated heterocycles. The quantitative estimate of drug-likeness (QED) is 0.353. The van der Waals surface area contributed by atoms with Crippen molar-refractivity contribution in [2.24, 2.45) is 11.8 Å². The average molecular weight is 657 g/mol. The Morgan fingerprint density at radius 2 is 1.80 bits per heavy atom. The third kappa shape index (κ3) is 7.02. The van der Waals surface area contributed by atoms with Crippen LogP contribution >= 0.6 is 0 Å². The topological polar surface area (TPSA) is 138 Å². The smallest absolute Gasteiger partial charge is 0.288 e. The molecule has 46 heavy (non-hydrogen) atoms. The van der Waals surface area contributed by atoms with Gasteiger partial charge in [0.25, 0.3) is 5.91 Å². The number of nitrogens with zero attached hydrogens (tertiary/aromatic N) is 3. The lowest BCUT2D eigenvalue weighted by molar-refractivity contribution is -0.157. The fourth-order valence-corrected chi connectivity index (χ4v) is 7.73. The van der Waals surface area contributed by atoms with Crippen LogP contribution in [0.4, 0.5) is 5.69 Å². The third-order valence-corrected chi connectivity index (χ3v) is 11.0. The molecular formula is C33H44N4O8S. The van der Waals surface area contributed by atoms with Crippen molar-refractivity contribution in [1.82, 2.24) is 14.5 Å². The van der Waals surface area contributed by atoms with E-state index in [0.717, 1.165) is 5.69 Å². The van der Waals surface area contributed by atoms with Crippen LogP contribution < -0.4 is 15.0 Å². The van der Waals surface area contributed by atoms with Crippen LogP contribution in [0.1, 0.15) is 33.1 Å². The number of piperidine rings is 1. The van der Waals surface area contributed by atoms with Crippen molar-refractivity contribution < 1.29 is 37.3 Å². The molecule has 2 amide bonds. The summed E-state index contributed by atoms with van der Waals surface area (Å²) in [6.45, 7) is 4.89. The van der Waals surface area contributed by atoms with E-state index in [1.54, 1.807) is 17.0 Å². The molecule has 0 saturated carbocycles. The minimum absolute atomic E-state index is 0.00298. The van der Waals surface area contributed by atoms with Gasteiger partial charge in [-0.15, -0.1) is 0 Å². The molecule has 0 unspecified atom stereocenters. The number of ether oxygens (including phenoxy) is 3. The van der Waals surface area contributed by atoms with Crippen LogP contribution in [0.15, 0.2) is 71.3 Å². The molecule has 2 fully saturated rings. The first-order valence-electron chi connectivity index (χ1n) is 15.7. The van der Waals surface area contributed by atoms with Gasteiger partial charge in [-0.2, -0.15) is 4.31 Å². The predicted molar refractivity (Wildman–Crippen MR) is 171 cm³/mol. The Bertz CT molecular complexity index is 1490. The highest BCUT2D eigenvalue weighted by molar-refractivity contribution is 7.89. The molecule has 1 spiro atoms. The van der Waals surface area contributed by atoms with E-state index in [9.17, 15) is 23.1 Å². The number of aliphatic hydroxyl groups excluding tert-OH is 1. The van der Waals surface area contributed by atoms with Gasteiger partial charge in [0, 0.05) is 38.3 Å². The predicted octanol–water partition coefficient (Wildman–Crippen LogP) is 2.55. The number of methoxy groups -OCH3 is 1. The highest BCUT2D eigenvalue weighted by atomic mass is 32.2. The molecule has 2 aromatic rings. The Morgan fingerprint density at radius 3 is 2.43 bits per heavy atom. The van der Waals surface area contributed by atoms with Crippen LogP contribution in [-0.4, -0.2) is 99.5 Å². The van der Waals surface area contributed by atoms with Crippen molar-refractivity contribution in [3.05, 3.63) is 66.4 Å². The number of hydrogen-bond donors (Lipinski definition) is 2. The van der Waals surface area contributed by atoms with Crippen LogP contribution in [0.5, 0.6) is 5.75 Å². The number of anilines is 1. The molecule has 5 rings (SSSR count). The number of benzene rings is 2. The number of hydrogen-bond acceptors (Lipinski definition) is 9. The summed E-state index contributed by atoms with van der Waals surface area (Å²) in [7, 11) is -2.39. The van der Waals surface area contributed by atoms with Crippen molar-refractivity contribution in [3.63, 3.8) is 0 Å². The normalized spacial score (nSPS) is 21.3. The zero-order chi connectivity index (χ0) is 32.9. The molecule has 3 heterocycles. The number of aliphatic hydroxyl groups is 1. The van der Waals surface area contributed by atoms with Crippen molar-refractivity contribution >= 4 is 27.5 Å². The first-order chi connectivity index (χ1) is 22.1. The molecule has 12 nitrogen and oxygen atoms in total. The SMILES string of the molecule is COc1ccc(S(=O)(=O)N(CCO)CCO[C@@H]2C[C@H](C(C)C)C=C(C(=O)N3CCC4(CC3)C(=O)NCN4c3ccccc3)O2)cc1. The maximum absolute atomic E-state index is 13.7. The van der Waals surface area contributed by atoms with Gasteiger partial charge in [-0.05, 0) is 67.2 Å².